The molecule has 0 aliphatic carbocycles. The van der Waals surface area contributed by atoms with Crippen LogP contribution in [0.15, 0.2) is 35.0 Å². The smallest absolute Gasteiger partial charge is 0.0368 e. The van der Waals surface area contributed by atoms with Crippen LogP contribution in [0.25, 0.3) is 0 Å². The van der Waals surface area contributed by atoms with Crippen molar-refractivity contribution in [3.05, 3.63) is 30.0 Å². The number of nitrogens with zero attached hydrogens (tertiary/aromatic N) is 1. The summed E-state index contributed by atoms with van der Waals surface area (Å²) in [6, 6.07) is 0. The molecule has 1 aliphatic heterocycles. The fraction of sp³-hybridized carbons (Fsp3) is 0.333. The third-order valence-electron chi connectivity index (χ3n) is 1.36. The van der Waals surface area contributed by atoms with Gasteiger partial charge in [0.25, 0.3) is 0 Å². The molecule has 0 saturated carbocycles. The van der Waals surface area contributed by atoms with Crippen LogP contribution in [0.2, 0.25) is 0 Å². The van der Waals surface area contributed by atoms with E-state index in [9.17, 15) is 0 Å². The highest BCUT2D eigenvalue weighted by atomic mass is 14.6. The van der Waals surface area contributed by atoms with Crippen molar-refractivity contribution < 1.29 is 0 Å². The Morgan fingerprint density at radius 2 is 2.20 bits per heavy atom. The molecule has 0 radical (unpaired) electrons. The molecule has 1 rings (SSSR count). The van der Waals surface area contributed by atoms with Gasteiger partial charge in [0, 0.05) is 11.8 Å². The Morgan fingerprint density at radius 3 is 2.90 bits per heavy atom. The molecule has 0 aromatic carbocycles. The first-order chi connectivity index (χ1) is 4.80. The minimum atomic E-state index is 0.514. The number of rotatable bonds is 1. The third kappa shape index (κ3) is 1.71. The van der Waals surface area contributed by atoms with Gasteiger partial charge in [-0.25, -0.2) is 4.99 Å². The van der Waals surface area contributed by atoms with E-state index >= 15 is 0 Å². The lowest BCUT2D eigenvalue weighted by atomic mass is 10.1. The first-order valence-electron chi connectivity index (χ1n) is 3.46. The maximum Gasteiger partial charge on any atom is 0.0368 e. The van der Waals surface area contributed by atoms with Gasteiger partial charge in [-0.05, 0) is 23.9 Å². The molecule has 10 heavy (non-hydrogen) atoms. The third-order valence-corrected chi connectivity index (χ3v) is 1.36. The van der Waals surface area contributed by atoms with Crippen LogP contribution in [0.5, 0.6) is 0 Å². The summed E-state index contributed by atoms with van der Waals surface area (Å²) < 4.78 is 0. The highest BCUT2D eigenvalue weighted by Crippen LogP contribution is 2.08. The topological polar surface area (TPSA) is 12.4 Å². The highest BCUT2D eigenvalue weighted by molar-refractivity contribution is 5.64. The van der Waals surface area contributed by atoms with E-state index in [1.807, 2.05) is 18.2 Å². The van der Waals surface area contributed by atoms with Crippen molar-refractivity contribution in [2.24, 2.45) is 10.9 Å². The van der Waals surface area contributed by atoms with E-state index in [0.29, 0.717) is 5.92 Å². The largest absolute Gasteiger partial charge is 0.214 e. The SMILES string of the molecule is CC(C)C1=C=NC=CC=C1. The molecule has 0 spiro atoms. The van der Waals surface area contributed by atoms with Crippen LogP contribution in [-0.4, -0.2) is 5.87 Å². The first-order valence-corrected chi connectivity index (χ1v) is 3.46. The van der Waals surface area contributed by atoms with Crippen LogP contribution >= 0.6 is 0 Å². The van der Waals surface area contributed by atoms with Crippen LogP contribution in [-0.2, 0) is 0 Å². The second-order valence-corrected chi connectivity index (χ2v) is 2.55. The molecule has 0 atom stereocenters. The quantitative estimate of drug-likeness (QED) is 0.520. The summed E-state index contributed by atoms with van der Waals surface area (Å²) in [5.74, 6) is 3.46. The molecule has 0 unspecified atom stereocenters. The summed E-state index contributed by atoms with van der Waals surface area (Å²) >= 11 is 0. The van der Waals surface area contributed by atoms with Crippen molar-refractivity contribution in [2.75, 3.05) is 0 Å². The van der Waals surface area contributed by atoms with Gasteiger partial charge in [0.05, 0.1) is 0 Å². The lowest BCUT2D eigenvalue weighted by Crippen LogP contribution is -1.89. The van der Waals surface area contributed by atoms with Gasteiger partial charge < -0.3 is 0 Å². The van der Waals surface area contributed by atoms with E-state index in [1.54, 1.807) is 6.20 Å². The molecular weight excluding hydrogens is 122 g/mol. The maximum absolute atomic E-state index is 3.94. The van der Waals surface area contributed by atoms with Crippen molar-refractivity contribution in [2.45, 2.75) is 13.8 Å². The fourth-order valence-electron chi connectivity index (χ4n) is 0.723. The molecule has 0 bridgehead atoms. The normalized spacial score (nSPS) is 15.7. The lowest BCUT2D eigenvalue weighted by Gasteiger charge is -1.98. The van der Waals surface area contributed by atoms with Gasteiger partial charge in [-0.2, -0.15) is 0 Å². The van der Waals surface area contributed by atoms with Gasteiger partial charge in [-0.3, -0.25) is 0 Å². The number of hydrogen-bond donors (Lipinski definition) is 0. The van der Waals surface area contributed by atoms with Crippen molar-refractivity contribution in [1.29, 1.82) is 0 Å². The number of aliphatic imine (C=N–C) groups is 1. The molecule has 0 aromatic rings. The van der Waals surface area contributed by atoms with Crippen molar-refractivity contribution in [3.63, 3.8) is 0 Å². The molecule has 52 valence electrons. The summed E-state index contributed by atoms with van der Waals surface area (Å²) in [4.78, 5) is 3.94. The van der Waals surface area contributed by atoms with E-state index in [1.165, 1.54) is 0 Å². The van der Waals surface area contributed by atoms with Crippen LogP contribution in [0.3, 0.4) is 0 Å². The first kappa shape index (κ1) is 7.04. The molecule has 1 heterocycles. The van der Waals surface area contributed by atoms with E-state index in [4.69, 9.17) is 0 Å². The average molecular weight is 133 g/mol. The van der Waals surface area contributed by atoms with E-state index in [-0.39, 0.29) is 0 Å². The second kappa shape index (κ2) is 3.19. The Bertz CT molecular complexity index is 225. The van der Waals surface area contributed by atoms with Crippen LogP contribution in [0, 0.1) is 5.92 Å². The summed E-state index contributed by atoms with van der Waals surface area (Å²) in [7, 11) is 0. The average Bonchev–Trinajstić information content (AvgIpc) is 2.12. The molecule has 0 saturated heterocycles. The number of allylic oxidation sites excluding steroid dienone is 4. The Morgan fingerprint density at radius 1 is 1.40 bits per heavy atom. The maximum atomic E-state index is 3.94. The Kier molecular flexibility index (Phi) is 2.24. The second-order valence-electron chi connectivity index (χ2n) is 2.55. The molecule has 1 aliphatic rings. The van der Waals surface area contributed by atoms with E-state index < -0.39 is 0 Å². The summed E-state index contributed by atoms with van der Waals surface area (Å²) in [6.45, 7) is 4.26. The monoisotopic (exact) mass is 133 g/mol. The Labute approximate surface area is 61.5 Å². The fourth-order valence-corrected chi connectivity index (χ4v) is 0.723. The van der Waals surface area contributed by atoms with Gasteiger partial charge >= 0.3 is 0 Å². The predicted molar refractivity (Wildman–Crippen MR) is 44.1 cm³/mol. The lowest BCUT2D eigenvalue weighted by molar-refractivity contribution is 0.801. The summed E-state index contributed by atoms with van der Waals surface area (Å²) in [5.41, 5.74) is 1.16. The van der Waals surface area contributed by atoms with Gasteiger partial charge in [0.15, 0.2) is 0 Å². The molecule has 1 nitrogen and oxygen atoms in total. The van der Waals surface area contributed by atoms with Gasteiger partial charge in [0.1, 0.15) is 0 Å². The van der Waals surface area contributed by atoms with E-state index in [0.717, 1.165) is 5.57 Å². The van der Waals surface area contributed by atoms with Crippen LogP contribution in [0.1, 0.15) is 13.8 Å². The molecule has 0 fully saturated rings. The molecule has 0 aromatic heterocycles. The zero-order chi connectivity index (χ0) is 7.40. The van der Waals surface area contributed by atoms with Crippen molar-refractivity contribution in [1.82, 2.24) is 0 Å². The minimum absolute atomic E-state index is 0.514. The molecule has 0 N–H and O–H groups in total. The van der Waals surface area contributed by atoms with Crippen molar-refractivity contribution in [3.8, 4) is 0 Å². The standard InChI is InChI=1S/C9H11N/c1-8(2)9-5-3-4-6-10-7-9/h3-6,8H,1-2H3. The highest BCUT2D eigenvalue weighted by Gasteiger charge is 1.97. The van der Waals surface area contributed by atoms with Gasteiger partial charge in [-0.15, -0.1) is 0 Å². The predicted octanol–water partition coefficient (Wildman–Crippen LogP) is 2.32. The van der Waals surface area contributed by atoms with Gasteiger partial charge in [-0.1, -0.05) is 19.9 Å². The van der Waals surface area contributed by atoms with Crippen LogP contribution in [0.4, 0.5) is 0 Å². The van der Waals surface area contributed by atoms with Crippen LogP contribution < -0.4 is 0 Å². The van der Waals surface area contributed by atoms with E-state index in [2.05, 4.69) is 24.7 Å². The Hall–Kier alpha value is -1.07. The number of hydrogen-bond acceptors (Lipinski definition) is 1. The zero-order valence-corrected chi connectivity index (χ0v) is 6.33. The molecule has 0 amide bonds. The van der Waals surface area contributed by atoms with Crippen molar-refractivity contribution >= 4 is 5.87 Å². The van der Waals surface area contributed by atoms with Gasteiger partial charge in [0.2, 0.25) is 0 Å². The summed E-state index contributed by atoms with van der Waals surface area (Å²) in [6.07, 6.45) is 7.67. The summed E-state index contributed by atoms with van der Waals surface area (Å²) in [5, 5.41) is 0. The Balaban J connectivity index is 2.87. The zero-order valence-electron chi connectivity index (χ0n) is 6.33. The molecular formula is C9H11N. The molecule has 1 heteroatoms. The minimum Gasteiger partial charge on any atom is -0.214 e.